The maximum absolute atomic E-state index is 11.5. The molecule has 3 unspecified atom stereocenters. The molecule has 22 heavy (non-hydrogen) atoms. The molecular weight excluding hydrogens is 302 g/mol. The molecule has 0 aliphatic carbocycles. The molecule has 2 N–H and O–H groups in total. The van der Waals surface area contributed by atoms with Crippen molar-refractivity contribution in [2.45, 2.75) is 51.7 Å². The number of sulfone groups is 1. The number of rotatable bonds is 5. The van der Waals surface area contributed by atoms with Gasteiger partial charge in [-0.05, 0) is 38.5 Å². The minimum absolute atomic E-state index is 0.166. The molecule has 0 amide bonds. The lowest BCUT2D eigenvalue weighted by molar-refractivity contribution is 0.0165. The van der Waals surface area contributed by atoms with Crippen molar-refractivity contribution < 1.29 is 13.2 Å². The third-order valence-electron chi connectivity index (χ3n) is 4.20. The van der Waals surface area contributed by atoms with Gasteiger partial charge in [-0.25, -0.2) is 8.42 Å². The SMILES string of the molecule is CCCNC(=NCC1CCS(=O)(=O)C1)NC1CCOC(C)C1. The van der Waals surface area contributed by atoms with Gasteiger partial charge in [-0.3, -0.25) is 4.99 Å². The summed E-state index contributed by atoms with van der Waals surface area (Å²) in [5.41, 5.74) is 0. The van der Waals surface area contributed by atoms with Gasteiger partial charge in [0.05, 0.1) is 17.6 Å². The van der Waals surface area contributed by atoms with Crippen molar-refractivity contribution >= 4 is 15.8 Å². The second-order valence-electron chi connectivity index (χ2n) is 6.43. The molecule has 2 rings (SSSR count). The third kappa shape index (κ3) is 5.76. The molecule has 0 radical (unpaired) electrons. The Labute approximate surface area is 134 Å². The highest BCUT2D eigenvalue weighted by Crippen LogP contribution is 2.18. The highest BCUT2D eigenvalue weighted by atomic mass is 32.2. The van der Waals surface area contributed by atoms with E-state index in [2.05, 4.69) is 29.5 Å². The Morgan fingerprint density at radius 3 is 2.82 bits per heavy atom. The van der Waals surface area contributed by atoms with Gasteiger partial charge in [-0.2, -0.15) is 0 Å². The number of aliphatic imine (C=N–C) groups is 1. The van der Waals surface area contributed by atoms with Gasteiger partial charge >= 0.3 is 0 Å². The Balaban J connectivity index is 1.88. The van der Waals surface area contributed by atoms with Gasteiger partial charge < -0.3 is 15.4 Å². The highest BCUT2D eigenvalue weighted by Gasteiger charge is 2.27. The molecule has 2 aliphatic heterocycles. The average Bonchev–Trinajstić information content (AvgIpc) is 2.81. The van der Waals surface area contributed by atoms with Crippen LogP contribution in [0.15, 0.2) is 4.99 Å². The number of ether oxygens (including phenoxy) is 1. The van der Waals surface area contributed by atoms with Crippen LogP contribution in [0.5, 0.6) is 0 Å². The zero-order valence-corrected chi connectivity index (χ0v) is 14.5. The van der Waals surface area contributed by atoms with Crippen LogP contribution in [-0.4, -0.2) is 57.7 Å². The van der Waals surface area contributed by atoms with Gasteiger partial charge in [0.15, 0.2) is 15.8 Å². The lowest BCUT2D eigenvalue weighted by Crippen LogP contribution is -2.47. The van der Waals surface area contributed by atoms with Crippen molar-refractivity contribution in [3.63, 3.8) is 0 Å². The lowest BCUT2D eigenvalue weighted by Gasteiger charge is -2.29. The van der Waals surface area contributed by atoms with Crippen molar-refractivity contribution in [3.8, 4) is 0 Å². The van der Waals surface area contributed by atoms with Crippen LogP contribution >= 0.6 is 0 Å². The lowest BCUT2D eigenvalue weighted by atomic mass is 10.0. The Morgan fingerprint density at radius 2 is 2.18 bits per heavy atom. The van der Waals surface area contributed by atoms with Crippen molar-refractivity contribution in [3.05, 3.63) is 0 Å². The monoisotopic (exact) mass is 331 g/mol. The van der Waals surface area contributed by atoms with Crippen LogP contribution in [0.2, 0.25) is 0 Å². The van der Waals surface area contributed by atoms with Crippen LogP contribution in [0.4, 0.5) is 0 Å². The molecule has 0 saturated carbocycles. The first kappa shape index (κ1) is 17.5. The number of nitrogens with zero attached hydrogens (tertiary/aromatic N) is 1. The topological polar surface area (TPSA) is 79.8 Å². The fourth-order valence-corrected chi connectivity index (χ4v) is 4.80. The van der Waals surface area contributed by atoms with Gasteiger partial charge in [0.2, 0.25) is 0 Å². The van der Waals surface area contributed by atoms with Crippen molar-refractivity contribution in [1.82, 2.24) is 10.6 Å². The fourth-order valence-electron chi connectivity index (χ4n) is 2.95. The molecular formula is C15H29N3O3S. The molecule has 7 heteroatoms. The summed E-state index contributed by atoms with van der Waals surface area (Å²) in [7, 11) is -2.82. The predicted molar refractivity (Wildman–Crippen MR) is 88.9 cm³/mol. The fraction of sp³-hybridized carbons (Fsp3) is 0.933. The van der Waals surface area contributed by atoms with E-state index in [1.807, 2.05) is 0 Å². The summed E-state index contributed by atoms with van der Waals surface area (Å²) in [6.07, 6.45) is 4.00. The number of guanidine groups is 1. The molecule has 6 nitrogen and oxygen atoms in total. The molecule has 128 valence electrons. The van der Waals surface area contributed by atoms with E-state index in [9.17, 15) is 8.42 Å². The molecule has 0 bridgehead atoms. The molecule has 0 aromatic carbocycles. The molecule has 2 heterocycles. The number of hydrogen-bond acceptors (Lipinski definition) is 4. The van der Waals surface area contributed by atoms with Crippen LogP contribution < -0.4 is 10.6 Å². The molecule has 0 aromatic rings. The Bertz CT molecular complexity index is 478. The normalized spacial score (nSPS) is 31.9. The van der Waals surface area contributed by atoms with E-state index in [0.29, 0.717) is 18.3 Å². The highest BCUT2D eigenvalue weighted by molar-refractivity contribution is 7.91. The zero-order valence-electron chi connectivity index (χ0n) is 13.7. The number of hydrogen-bond donors (Lipinski definition) is 2. The van der Waals surface area contributed by atoms with Crippen LogP contribution in [0.25, 0.3) is 0 Å². The summed E-state index contributed by atoms with van der Waals surface area (Å²) in [6, 6.07) is 0.374. The minimum Gasteiger partial charge on any atom is -0.378 e. The van der Waals surface area contributed by atoms with Crippen LogP contribution in [0, 0.1) is 5.92 Å². The summed E-state index contributed by atoms with van der Waals surface area (Å²) in [5.74, 6) is 1.57. The van der Waals surface area contributed by atoms with Gasteiger partial charge in [0.25, 0.3) is 0 Å². The van der Waals surface area contributed by atoms with E-state index in [4.69, 9.17) is 4.74 Å². The minimum atomic E-state index is -2.82. The zero-order chi connectivity index (χ0) is 16.0. The third-order valence-corrected chi connectivity index (χ3v) is 6.04. The van der Waals surface area contributed by atoms with E-state index >= 15 is 0 Å². The largest absolute Gasteiger partial charge is 0.378 e. The second-order valence-corrected chi connectivity index (χ2v) is 8.66. The molecule has 0 spiro atoms. The molecule has 0 aromatic heterocycles. The average molecular weight is 331 g/mol. The van der Waals surface area contributed by atoms with E-state index in [1.165, 1.54) is 0 Å². The summed E-state index contributed by atoms with van der Waals surface area (Å²) >= 11 is 0. The smallest absolute Gasteiger partial charge is 0.191 e. The quantitative estimate of drug-likeness (QED) is 0.579. The first-order valence-electron chi connectivity index (χ1n) is 8.35. The molecule has 2 saturated heterocycles. The molecule has 2 fully saturated rings. The van der Waals surface area contributed by atoms with Gasteiger partial charge in [-0.15, -0.1) is 0 Å². The van der Waals surface area contributed by atoms with Crippen LogP contribution in [-0.2, 0) is 14.6 Å². The Hall–Kier alpha value is -0.820. The van der Waals surface area contributed by atoms with E-state index < -0.39 is 9.84 Å². The van der Waals surface area contributed by atoms with Gasteiger partial charge in [0, 0.05) is 25.7 Å². The van der Waals surface area contributed by atoms with Crippen molar-refractivity contribution in [2.24, 2.45) is 10.9 Å². The maximum atomic E-state index is 11.5. The second kappa shape index (κ2) is 8.15. The summed E-state index contributed by atoms with van der Waals surface area (Å²) in [6.45, 7) is 6.43. The Kier molecular flexibility index (Phi) is 6.50. The predicted octanol–water partition coefficient (Wildman–Crippen LogP) is 0.934. The van der Waals surface area contributed by atoms with E-state index in [0.717, 1.165) is 44.8 Å². The molecule has 3 atom stereocenters. The standard InChI is InChI=1S/C15H29N3O3S/c1-3-6-16-15(18-14-4-7-21-12(2)9-14)17-10-13-5-8-22(19,20)11-13/h12-14H,3-11H2,1-2H3,(H2,16,17,18). The first-order chi connectivity index (χ1) is 10.5. The Morgan fingerprint density at radius 1 is 1.36 bits per heavy atom. The van der Waals surface area contributed by atoms with Gasteiger partial charge in [-0.1, -0.05) is 6.92 Å². The van der Waals surface area contributed by atoms with E-state index in [-0.39, 0.29) is 17.8 Å². The summed E-state index contributed by atoms with van der Waals surface area (Å²) in [5, 5.41) is 6.80. The van der Waals surface area contributed by atoms with Crippen LogP contribution in [0.1, 0.15) is 39.5 Å². The maximum Gasteiger partial charge on any atom is 0.191 e. The summed E-state index contributed by atoms with van der Waals surface area (Å²) < 4.78 is 28.6. The number of nitrogens with one attached hydrogen (secondary N) is 2. The summed E-state index contributed by atoms with van der Waals surface area (Å²) in [4.78, 5) is 4.62. The van der Waals surface area contributed by atoms with E-state index in [1.54, 1.807) is 0 Å². The first-order valence-corrected chi connectivity index (χ1v) is 10.2. The van der Waals surface area contributed by atoms with Crippen molar-refractivity contribution in [2.75, 3.05) is 31.2 Å². The van der Waals surface area contributed by atoms with Gasteiger partial charge in [0.1, 0.15) is 0 Å². The van der Waals surface area contributed by atoms with Crippen molar-refractivity contribution in [1.29, 1.82) is 0 Å². The molecule has 2 aliphatic rings. The van der Waals surface area contributed by atoms with Crippen LogP contribution in [0.3, 0.4) is 0 Å².